The molecule has 27 heavy (non-hydrogen) atoms. The van der Waals surface area contributed by atoms with Crippen molar-refractivity contribution in [2.75, 3.05) is 31.1 Å². The van der Waals surface area contributed by atoms with Gasteiger partial charge in [-0.2, -0.15) is 0 Å². The zero-order chi connectivity index (χ0) is 18.8. The molecule has 0 saturated carbocycles. The second kappa shape index (κ2) is 7.73. The Morgan fingerprint density at radius 1 is 1.04 bits per heavy atom. The van der Waals surface area contributed by atoms with E-state index in [2.05, 4.69) is 36.1 Å². The predicted octanol–water partition coefficient (Wildman–Crippen LogP) is 4.20. The standard InChI is InChI=1S/C23H28N2O2/c1-17-10-11-21(24-12-6-7-13-24)20(14-17)23(26)25-15-18(2)27-22(16-25)19-8-4-3-5-9-19/h3-5,8-11,14,18,22H,6-7,12-13,15-16H2,1-2H3. The first-order valence-electron chi connectivity index (χ1n) is 9.97. The third kappa shape index (κ3) is 3.86. The van der Waals surface area contributed by atoms with Crippen LogP contribution in [-0.2, 0) is 4.74 Å². The van der Waals surface area contributed by atoms with Gasteiger partial charge in [-0.15, -0.1) is 0 Å². The topological polar surface area (TPSA) is 32.8 Å². The van der Waals surface area contributed by atoms with Crippen molar-refractivity contribution in [3.05, 3.63) is 65.2 Å². The number of nitrogens with zero attached hydrogens (tertiary/aromatic N) is 2. The quantitative estimate of drug-likeness (QED) is 0.818. The molecule has 0 N–H and O–H groups in total. The second-order valence-electron chi connectivity index (χ2n) is 7.77. The molecule has 2 aromatic carbocycles. The van der Waals surface area contributed by atoms with Gasteiger partial charge in [0.05, 0.1) is 18.2 Å². The summed E-state index contributed by atoms with van der Waals surface area (Å²) in [6.07, 6.45) is 2.35. The molecule has 1 amide bonds. The number of morpholine rings is 1. The normalized spacial score (nSPS) is 22.9. The minimum absolute atomic E-state index is 0.0213. The summed E-state index contributed by atoms with van der Waals surface area (Å²) in [4.78, 5) is 17.8. The summed E-state index contributed by atoms with van der Waals surface area (Å²) in [5.41, 5.74) is 4.17. The molecule has 4 rings (SSSR count). The average Bonchev–Trinajstić information content (AvgIpc) is 3.22. The van der Waals surface area contributed by atoms with E-state index in [9.17, 15) is 4.79 Å². The number of carbonyl (C=O) groups is 1. The molecular formula is C23H28N2O2. The van der Waals surface area contributed by atoms with Gasteiger partial charge in [0.2, 0.25) is 0 Å². The molecule has 4 nitrogen and oxygen atoms in total. The van der Waals surface area contributed by atoms with Gasteiger partial charge in [-0.1, -0.05) is 42.0 Å². The highest BCUT2D eigenvalue weighted by Gasteiger charge is 2.31. The Balaban J connectivity index is 1.61. The molecule has 0 radical (unpaired) electrons. The van der Waals surface area contributed by atoms with Crippen molar-refractivity contribution in [3.63, 3.8) is 0 Å². The Morgan fingerprint density at radius 2 is 1.78 bits per heavy atom. The molecule has 0 spiro atoms. The lowest BCUT2D eigenvalue weighted by Gasteiger charge is -2.37. The number of aryl methyl sites for hydroxylation is 1. The number of ether oxygens (including phenoxy) is 1. The highest BCUT2D eigenvalue weighted by atomic mass is 16.5. The van der Waals surface area contributed by atoms with Gasteiger partial charge in [-0.3, -0.25) is 4.79 Å². The van der Waals surface area contributed by atoms with Gasteiger partial charge in [0, 0.05) is 25.3 Å². The molecule has 142 valence electrons. The van der Waals surface area contributed by atoms with E-state index in [4.69, 9.17) is 4.74 Å². The van der Waals surface area contributed by atoms with Crippen molar-refractivity contribution >= 4 is 11.6 Å². The van der Waals surface area contributed by atoms with Crippen molar-refractivity contribution < 1.29 is 9.53 Å². The van der Waals surface area contributed by atoms with Gasteiger partial charge in [-0.05, 0) is 44.4 Å². The molecule has 2 saturated heterocycles. The number of hydrogen-bond acceptors (Lipinski definition) is 3. The lowest BCUT2D eigenvalue weighted by Crippen LogP contribution is -2.46. The molecule has 2 fully saturated rings. The van der Waals surface area contributed by atoms with Crippen molar-refractivity contribution in [1.82, 2.24) is 4.90 Å². The molecule has 0 aliphatic carbocycles. The first-order chi connectivity index (χ1) is 13.1. The van der Waals surface area contributed by atoms with Gasteiger partial charge >= 0.3 is 0 Å². The Labute approximate surface area is 161 Å². The van der Waals surface area contributed by atoms with E-state index in [0.29, 0.717) is 13.1 Å². The van der Waals surface area contributed by atoms with E-state index in [1.54, 1.807) is 0 Å². The summed E-state index contributed by atoms with van der Waals surface area (Å²) in [6, 6.07) is 16.5. The highest BCUT2D eigenvalue weighted by molar-refractivity contribution is 6.00. The Kier molecular flexibility index (Phi) is 5.17. The third-order valence-electron chi connectivity index (χ3n) is 5.55. The maximum absolute atomic E-state index is 13.5. The number of carbonyl (C=O) groups excluding carboxylic acids is 1. The molecule has 4 heteroatoms. The van der Waals surface area contributed by atoms with Crippen molar-refractivity contribution in [2.45, 2.75) is 38.9 Å². The smallest absolute Gasteiger partial charge is 0.256 e. The van der Waals surface area contributed by atoms with Crippen LogP contribution in [0.2, 0.25) is 0 Å². The molecule has 2 heterocycles. The molecule has 2 aromatic rings. The number of amides is 1. The van der Waals surface area contributed by atoms with Gasteiger partial charge in [0.15, 0.2) is 0 Å². The Hall–Kier alpha value is -2.33. The summed E-state index contributed by atoms with van der Waals surface area (Å²) >= 11 is 0. The maximum Gasteiger partial charge on any atom is 0.256 e. The van der Waals surface area contributed by atoms with Crippen LogP contribution >= 0.6 is 0 Å². The van der Waals surface area contributed by atoms with Crippen LogP contribution in [0.3, 0.4) is 0 Å². The molecule has 0 aromatic heterocycles. The average molecular weight is 364 g/mol. The highest BCUT2D eigenvalue weighted by Crippen LogP contribution is 2.30. The summed E-state index contributed by atoms with van der Waals surface area (Å²) in [6.45, 7) is 7.41. The van der Waals surface area contributed by atoms with Gasteiger partial charge in [0.25, 0.3) is 5.91 Å². The van der Waals surface area contributed by atoms with E-state index in [-0.39, 0.29) is 18.1 Å². The largest absolute Gasteiger partial charge is 0.371 e. The fourth-order valence-corrected chi connectivity index (χ4v) is 4.19. The van der Waals surface area contributed by atoms with Crippen LogP contribution in [0.15, 0.2) is 48.5 Å². The molecule has 2 aliphatic heterocycles. The Morgan fingerprint density at radius 3 is 2.52 bits per heavy atom. The zero-order valence-electron chi connectivity index (χ0n) is 16.2. The number of anilines is 1. The lowest BCUT2D eigenvalue weighted by molar-refractivity contribution is -0.0691. The van der Waals surface area contributed by atoms with Crippen LogP contribution in [0.25, 0.3) is 0 Å². The van der Waals surface area contributed by atoms with Crippen molar-refractivity contribution in [2.24, 2.45) is 0 Å². The van der Waals surface area contributed by atoms with Gasteiger partial charge in [-0.25, -0.2) is 0 Å². The molecular weight excluding hydrogens is 336 g/mol. The van der Waals surface area contributed by atoms with Crippen LogP contribution in [0, 0.1) is 6.92 Å². The SMILES string of the molecule is Cc1ccc(N2CCCC2)c(C(=O)N2CC(C)OC(c3ccccc3)C2)c1. The lowest BCUT2D eigenvalue weighted by atomic mass is 10.0. The number of rotatable bonds is 3. The minimum Gasteiger partial charge on any atom is -0.371 e. The van der Waals surface area contributed by atoms with E-state index in [0.717, 1.165) is 35.5 Å². The van der Waals surface area contributed by atoms with Crippen LogP contribution in [0.4, 0.5) is 5.69 Å². The van der Waals surface area contributed by atoms with Gasteiger partial charge in [0.1, 0.15) is 6.10 Å². The van der Waals surface area contributed by atoms with E-state index in [1.807, 2.05) is 36.1 Å². The van der Waals surface area contributed by atoms with E-state index < -0.39 is 0 Å². The first-order valence-corrected chi connectivity index (χ1v) is 9.97. The van der Waals surface area contributed by atoms with E-state index in [1.165, 1.54) is 12.8 Å². The summed E-state index contributed by atoms with van der Waals surface area (Å²) < 4.78 is 6.14. The third-order valence-corrected chi connectivity index (χ3v) is 5.55. The fourth-order valence-electron chi connectivity index (χ4n) is 4.19. The molecule has 0 bridgehead atoms. The Bertz CT molecular complexity index is 799. The molecule has 2 atom stereocenters. The molecule has 2 unspecified atom stereocenters. The van der Waals surface area contributed by atoms with Crippen LogP contribution in [-0.4, -0.2) is 43.1 Å². The summed E-state index contributed by atoms with van der Waals surface area (Å²) in [5.74, 6) is 0.122. The second-order valence-corrected chi connectivity index (χ2v) is 7.77. The van der Waals surface area contributed by atoms with Crippen LogP contribution in [0.1, 0.15) is 47.4 Å². The number of hydrogen-bond donors (Lipinski definition) is 0. The first kappa shape index (κ1) is 18.1. The maximum atomic E-state index is 13.5. The monoisotopic (exact) mass is 364 g/mol. The summed E-state index contributed by atoms with van der Waals surface area (Å²) in [7, 11) is 0. The van der Waals surface area contributed by atoms with Crippen molar-refractivity contribution in [1.29, 1.82) is 0 Å². The molecule has 2 aliphatic rings. The zero-order valence-corrected chi connectivity index (χ0v) is 16.2. The van der Waals surface area contributed by atoms with Crippen molar-refractivity contribution in [3.8, 4) is 0 Å². The fraction of sp³-hybridized carbons (Fsp3) is 0.435. The summed E-state index contributed by atoms with van der Waals surface area (Å²) in [5, 5.41) is 0. The van der Waals surface area contributed by atoms with E-state index >= 15 is 0 Å². The minimum atomic E-state index is -0.0704. The van der Waals surface area contributed by atoms with Gasteiger partial charge < -0.3 is 14.5 Å². The predicted molar refractivity (Wildman–Crippen MR) is 108 cm³/mol. The van der Waals surface area contributed by atoms with Crippen LogP contribution < -0.4 is 4.90 Å². The number of benzene rings is 2. The van der Waals surface area contributed by atoms with Crippen LogP contribution in [0.5, 0.6) is 0 Å².